The Bertz CT molecular complexity index is 1720. The van der Waals surface area contributed by atoms with Gasteiger partial charge >= 0.3 is 0 Å². The zero-order valence-electron chi connectivity index (χ0n) is 28.3. The van der Waals surface area contributed by atoms with E-state index in [-0.39, 0.29) is 5.56 Å². The maximum Gasteiger partial charge on any atom is 0.232 e. The van der Waals surface area contributed by atoms with Crippen molar-refractivity contribution < 1.29 is 105 Å². The molecule has 4 aliphatic heterocycles. The van der Waals surface area contributed by atoms with Crippen LogP contribution in [0.5, 0.6) is 28.7 Å². The average molecular weight is 773 g/mol. The monoisotopic (exact) mass is 772 g/mol. The molecule has 298 valence electrons. The van der Waals surface area contributed by atoms with Crippen LogP contribution >= 0.6 is 0 Å². The van der Waals surface area contributed by atoms with Gasteiger partial charge in [0.1, 0.15) is 78.5 Å². The number of carbonyl (C=O) groups excluding carboxylic acids is 1. The highest BCUT2D eigenvalue weighted by Crippen LogP contribution is 2.44. The molecule has 4 heterocycles. The summed E-state index contributed by atoms with van der Waals surface area (Å²) in [5, 5.41) is 125. The van der Waals surface area contributed by atoms with Gasteiger partial charge in [0.15, 0.2) is 35.0 Å². The van der Waals surface area contributed by atoms with Crippen molar-refractivity contribution in [3.8, 4) is 28.7 Å². The lowest BCUT2D eigenvalue weighted by atomic mass is 9.86. The Hall–Kier alpha value is -3.91. The van der Waals surface area contributed by atoms with Crippen molar-refractivity contribution >= 4 is 11.5 Å². The molecular weight excluding hydrogens is 732 g/mol. The molecule has 0 radical (unpaired) electrons. The van der Waals surface area contributed by atoms with Crippen molar-refractivity contribution in [2.45, 2.75) is 106 Å². The van der Waals surface area contributed by atoms with Gasteiger partial charge < -0.3 is 85.1 Å². The zero-order valence-corrected chi connectivity index (χ0v) is 28.3. The second-order valence-corrected chi connectivity index (χ2v) is 13.2. The molecule has 21 nitrogen and oxygen atoms in total. The minimum Gasteiger partial charge on any atom is -0.507 e. The van der Waals surface area contributed by atoms with E-state index < -0.39 is 150 Å². The minimum atomic E-state index is -1.92. The van der Waals surface area contributed by atoms with Gasteiger partial charge in [-0.15, -0.1) is 0 Å². The summed E-state index contributed by atoms with van der Waals surface area (Å²) in [4.78, 5) is 35.6. The molecule has 2 aromatic rings. The van der Waals surface area contributed by atoms with E-state index in [1.807, 2.05) is 0 Å². The molecule has 0 unspecified atom stereocenters. The number of aliphatic hydroxyl groups excluding tert-OH is 9. The van der Waals surface area contributed by atoms with Crippen molar-refractivity contribution in [1.82, 2.24) is 0 Å². The largest absolute Gasteiger partial charge is 0.507 e. The maximum atomic E-state index is 14.2. The first-order valence-electron chi connectivity index (χ1n) is 16.6. The fourth-order valence-corrected chi connectivity index (χ4v) is 6.38. The number of ether oxygens (including phenoxy) is 4. The lowest BCUT2D eigenvalue weighted by molar-refractivity contribution is -0.401. The molecule has 2 aromatic carbocycles. The molecule has 15 atom stereocenters. The summed E-state index contributed by atoms with van der Waals surface area (Å²) < 4.78 is 22.1. The smallest absolute Gasteiger partial charge is 0.232 e. The van der Waals surface area contributed by atoms with Gasteiger partial charge in [-0.3, -0.25) is 14.6 Å². The van der Waals surface area contributed by atoms with Gasteiger partial charge in [0.2, 0.25) is 12.1 Å². The van der Waals surface area contributed by atoms with E-state index in [1.54, 1.807) is 0 Å². The molecule has 0 aromatic heterocycles. The molecule has 0 saturated carbocycles. The molecule has 0 amide bonds. The fourth-order valence-electron chi connectivity index (χ4n) is 6.38. The number of Topliss-reactive ketones (excluding diaryl/α,β-unsaturated/α-hetero) is 1. The number of ketones is 1. The standard InChI is InChI=1S/C33H40O21/c1-9-20(38)24(42)26(44)30(47-9)19-23(41)18-15(37)6-12(7-16(18)52-53-29(19)11-3-4-13(35)14(36)5-11)51-54-33-28(46)31(21(39)10(2)48-33)50-32-27(45)25(43)22(40)17(8-34)49-32/h3-7,9-10,17,20-22,24-28,30-40,42-46H,8H2,1-2H3/t9-,10-,17+,20+,21-,22+,24-,25-,26-,27+,28+,30+,31+,32+,33+/m0/s1. The van der Waals surface area contributed by atoms with Crippen LogP contribution in [0.2, 0.25) is 0 Å². The van der Waals surface area contributed by atoms with Gasteiger partial charge in [0, 0.05) is 17.7 Å². The summed E-state index contributed by atoms with van der Waals surface area (Å²) in [5.41, 5.74) is -1.19. The molecule has 12 N–H and O–H groups in total. The van der Waals surface area contributed by atoms with Crippen LogP contribution in [0.3, 0.4) is 0 Å². The molecule has 3 fully saturated rings. The van der Waals surface area contributed by atoms with Crippen LogP contribution in [0.4, 0.5) is 0 Å². The summed E-state index contributed by atoms with van der Waals surface area (Å²) in [5.74, 6) is -4.45. The number of hydrogen-bond acceptors (Lipinski definition) is 21. The van der Waals surface area contributed by atoms with Gasteiger partial charge in [0.25, 0.3) is 0 Å². The summed E-state index contributed by atoms with van der Waals surface area (Å²) in [6.45, 7) is 1.96. The molecule has 0 bridgehead atoms. The fraction of sp³-hybridized carbons (Fsp3) is 0.545. The Morgan fingerprint density at radius 2 is 1.35 bits per heavy atom. The molecule has 21 heteroatoms. The average Bonchev–Trinajstić information content (AvgIpc) is 3.28. The van der Waals surface area contributed by atoms with E-state index in [0.717, 1.165) is 24.3 Å². The number of fused-ring (bicyclic) bond motifs is 1. The maximum absolute atomic E-state index is 14.2. The van der Waals surface area contributed by atoms with Gasteiger partial charge in [-0.05, 0) is 32.0 Å². The molecule has 54 heavy (non-hydrogen) atoms. The number of hydrogen-bond donors (Lipinski definition) is 12. The number of aromatic hydroxyl groups is 3. The van der Waals surface area contributed by atoms with Crippen LogP contribution in [-0.4, -0.2) is 166 Å². The quantitative estimate of drug-likeness (QED) is 0.0705. The van der Waals surface area contributed by atoms with E-state index in [0.29, 0.717) is 0 Å². The first-order valence-corrected chi connectivity index (χ1v) is 16.6. The lowest BCUT2D eigenvalue weighted by Crippen LogP contribution is -2.64. The topological polar surface area (TPSA) is 334 Å². The number of phenolic OH excluding ortho intramolecular Hbond substituents is 3. The number of carbonyl (C=O) groups is 1. The van der Waals surface area contributed by atoms with Crippen molar-refractivity contribution in [3.05, 3.63) is 47.0 Å². The van der Waals surface area contributed by atoms with Crippen LogP contribution < -0.4 is 9.78 Å². The van der Waals surface area contributed by atoms with Crippen LogP contribution in [0.1, 0.15) is 29.8 Å². The molecule has 0 spiro atoms. The van der Waals surface area contributed by atoms with Gasteiger partial charge in [-0.25, -0.2) is 0 Å². The highest BCUT2D eigenvalue weighted by Gasteiger charge is 2.51. The van der Waals surface area contributed by atoms with E-state index in [2.05, 4.69) is 0 Å². The summed E-state index contributed by atoms with van der Waals surface area (Å²) in [6.07, 6.45) is -24.6. The van der Waals surface area contributed by atoms with Crippen molar-refractivity contribution in [1.29, 1.82) is 0 Å². The zero-order chi connectivity index (χ0) is 39.3. The molecular formula is C33H40O21. The van der Waals surface area contributed by atoms with E-state index >= 15 is 0 Å². The Morgan fingerprint density at radius 3 is 2.04 bits per heavy atom. The third-order valence-electron chi connectivity index (χ3n) is 9.52. The second-order valence-electron chi connectivity index (χ2n) is 13.2. The molecule has 0 aliphatic carbocycles. The van der Waals surface area contributed by atoms with E-state index in [1.165, 1.54) is 19.9 Å². The Kier molecular flexibility index (Phi) is 11.5. The summed E-state index contributed by atoms with van der Waals surface area (Å²) in [7, 11) is 0. The first-order chi connectivity index (χ1) is 25.5. The number of rotatable bonds is 8. The van der Waals surface area contributed by atoms with Gasteiger partial charge in [-0.1, -0.05) is 0 Å². The first kappa shape index (κ1) is 39.8. The molecule has 3 saturated heterocycles. The Balaban J connectivity index is 1.25. The van der Waals surface area contributed by atoms with E-state index in [9.17, 15) is 66.1 Å². The Morgan fingerprint density at radius 1 is 0.667 bits per heavy atom. The summed E-state index contributed by atoms with van der Waals surface area (Å²) in [6, 6.07) is 5.14. The SMILES string of the molecule is C[C@@H]1O[C@H](OOc2cc(O)c3c(c2)OOC(c2ccc(O)c(O)c2)=C([C@H]2O[C@@H](C)[C@@H](O)[C@H](O)[C@@H]2O)C3=O)[C@H](O)[C@H](O[C@H]2O[C@H](CO)[C@@H](O)[C@H](O)[C@H]2O)[C@H]1O. The van der Waals surface area contributed by atoms with Crippen LogP contribution in [0.15, 0.2) is 35.9 Å². The van der Waals surface area contributed by atoms with Crippen LogP contribution in [0.25, 0.3) is 5.76 Å². The highest BCUT2D eigenvalue weighted by molar-refractivity contribution is 6.16. The Labute approximate surface area is 304 Å². The number of benzene rings is 2. The van der Waals surface area contributed by atoms with Crippen LogP contribution in [-0.2, 0) is 28.7 Å². The van der Waals surface area contributed by atoms with Crippen LogP contribution in [0, 0.1) is 0 Å². The predicted octanol–water partition coefficient (Wildman–Crippen LogP) is -3.45. The molecule has 6 rings (SSSR count). The molecule has 4 aliphatic rings. The van der Waals surface area contributed by atoms with Gasteiger partial charge in [0.05, 0.1) is 24.4 Å². The van der Waals surface area contributed by atoms with Gasteiger partial charge in [-0.2, -0.15) is 4.89 Å². The van der Waals surface area contributed by atoms with Crippen molar-refractivity contribution in [2.75, 3.05) is 6.61 Å². The number of aliphatic hydroxyl groups is 9. The lowest BCUT2D eigenvalue weighted by Gasteiger charge is -2.45. The van der Waals surface area contributed by atoms with Crippen molar-refractivity contribution in [3.63, 3.8) is 0 Å². The number of phenols is 3. The third-order valence-corrected chi connectivity index (χ3v) is 9.52. The second kappa shape index (κ2) is 15.7. The third kappa shape index (κ3) is 7.27. The minimum absolute atomic E-state index is 0.0925. The summed E-state index contributed by atoms with van der Waals surface area (Å²) >= 11 is 0. The van der Waals surface area contributed by atoms with Crippen molar-refractivity contribution in [2.24, 2.45) is 0 Å². The normalized spacial score (nSPS) is 38.6. The predicted molar refractivity (Wildman–Crippen MR) is 170 cm³/mol. The highest BCUT2D eigenvalue weighted by atomic mass is 17.2. The van der Waals surface area contributed by atoms with E-state index in [4.69, 9.17) is 38.5 Å².